The van der Waals surface area contributed by atoms with Crippen molar-refractivity contribution >= 4 is 22.8 Å². The second-order valence-electron chi connectivity index (χ2n) is 5.50. The van der Waals surface area contributed by atoms with Gasteiger partial charge >= 0.3 is 0 Å². The topological polar surface area (TPSA) is 55.6 Å². The van der Waals surface area contributed by atoms with Crippen LogP contribution in [0.1, 0.15) is 26.3 Å². The van der Waals surface area contributed by atoms with Crippen molar-refractivity contribution in [2.45, 2.75) is 26.3 Å². The SMILES string of the molecule is C.Clc1cnc2c(c1)nc(-c1ccccn1)n2C1CCNCC1. The third-order valence-electron chi connectivity index (χ3n) is 4.06. The maximum absolute atomic E-state index is 6.07. The Labute approximate surface area is 140 Å². The van der Waals surface area contributed by atoms with Gasteiger partial charge < -0.3 is 9.88 Å². The van der Waals surface area contributed by atoms with Crippen molar-refractivity contribution in [1.82, 2.24) is 24.8 Å². The molecule has 3 aromatic heterocycles. The lowest BCUT2D eigenvalue weighted by atomic mass is 10.1. The minimum absolute atomic E-state index is 0. The molecule has 1 fully saturated rings. The van der Waals surface area contributed by atoms with Gasteiger partial charge in [0.2, 0.25) is 0 Å². The van der Waals surface area contributed by atoms with Crippen molar-refractivity contribution in [3.8, 4) is 11.5 Å². The van der Waals surface area contributed by atoms with Gasteiger partial charge in [-0.1, -0.05) is 25.1 Å². The molecule has 3 aromatic rings. The Morgan fingerprint density at radius 3 is 2.74 bits per heavy atom. The summed E-state index contributed by atoms with van der Waals surface area (Å²) in [5, 5.41) is 4.01. The van der Waals surface area contributed by atoms with Crippen LogP contribution in [0.15, 0.2) is 36.7 Å². The molecule has 0 radical (unpaired) electrons. The van der Waals surface area contributed by atoms with Crippen molar-refractivity contribution in [3.63, 3.8) is 0 Å². The average molecular weight is 330 g/mol. The van der Waals surface area contributed by atoms with Gasteiger partial charge in [-0.05, 0) is 44.1 Å². The van der Waals surface area contributed by atoms with Crippen molar-refractivity contribution < 1.29 is 0 Å². The number of halogens is 1. The van der Waals surface area contributed by atoms with E-state index in [0.29, 0.717) is 11.1 Å². The normalized spacial score (nSPS) is 15.5. The maximum Gasteiger partial charge on any atom is 0.161 e. The van der Waals surface area contributed by atoms with E-state index in [0.717, 1.165) is 48.6 Å². The first-order valence-electron chi connectivity index (χ1n) is 7.48. The molecule has 0 amide bonds. The van der Waals surface area contributed by atoms with E-state index in [4.69, 9.17) is 16.6 Å². The molecule has 1 N–H and O–H groups in total. The fourth-order valence-electron chi connectivity index (χ4n) is 3.04. The zero-order chi connectivity index (χ0) is 14.9. The summed E-state index contributed by atoms with van der Waals surface area (Å²) in [6, 6.07) is 8.14. The van der Waals surface area contributed by atoms with E-state index in [2.05, 4.69) is 19.9 Å². The molecule has 120 valence electrons. The first kappa shape index (κ1) is 15.9. The van der Waals surface area contributed by atoms with Crippen molar-refractivity contribution in [2.75, 3.05) is 13.1 Å². The van der Waals surface area contributed by atoms with Crippen molar-refractivity contribution in [1.29, 1.82) is 0 Å². The van der Waals surface area contributed by atoms with Crippen LogP contribution < -0.4 is 5.32 Å². The smallest absolute Gasteiger partial charge is 0.161 e. The number of pyridine rings is 2. The molecule has 0 aliphatic carbocycles. The molecule has 0 bridgehead atoms. The summed E-state index contributed by atoms with van der Waals surface area (Å²) in [5.74, 6) is 0.872. The molecule has 0 unspecified atom stereocenters. The molecule has 1 aliphatic heterocycles. The van der Waals surface area contributed by atoms with Crippen LogP contribution >= 0.6 is 11.6 Å². The molecule has 4 heterocycles. The quantitative estimate of drug-likeness (QED) is 0.778. The van der Waals surface area contributed by atoms with Crippen LogP contribution in [-0.2, 0) is 0 Å². The number of imidazole rings is 1. The van der Waals surface area contributed by atoms with E-state index in [9.17, 15) is 0 Å². The predicted molar refractivity (Wildman–Crippen MR) is 93.6 cm³/mol. The molecule has 23 heavy (non-hydrogen) atoms. The highest BCUT2D eigenvalue weighted by Gasteiger charge is 2.23. The minimum atomic E-state index is 0. The molecular weight excluding hydrogens is 310 g/mol. The lowest BCUT2D eigenvalue weighted by molar-refractivity contribution is 0.376. The van der Waals surface area contributed by atoms with Gasteiger partial charge in [0, 0.05) is 18.4 Å². The average Bonchev–Trinajstić information content (AvgIpc) is 2.95. The first-order valence-corrected chi connectivity index (χ1v) is 7.86. The summed E-state index contributed by atoms with van der Waals surface area (Å²) in [6.45, 7) is 2.03. The minimum Gasteiger partial charge on any atom is -0.317 e. The van der Waals surface area contributed by atoms with Gasteiger partial charge in [0.05, 0.1) is 5.02 Å². The monoisotopic (exact) mass is 329 g/mol. The summed E-state index contributed by atoms with van der Waals surface area (Å²) in [6.07, 6.45) is 5.61. The van der Waals surface area contributed by atoms with E-state index >= 15 is 0 Å². The first-order chi connectivity index (χ1) is 10.8. The Balaban J connectivity index is 0.00000156. The van der Waals surface area contributed by atoms with E-state index in [1.165, 1.54) is 0 Å². The van der Waals surface area contributed by atoms with Crippen LogP contribution in [0, 0.1) is 0 Å². The summed E-state index contributed by atoms with van der Waals surface area (Å²) in [4.78, 5) is 13.7. The number of nitrogens with one attached hydrogen (secondary N) is 1. The standard InChI is InChI=1S/C16H16ClN5.CH4/c17-11-9-14-15(20-10-11)22(12-4-7-18-8-5-12)16(21-14)13-3-1-2-6-19-13;/h1-3,6,9-10,12,18H,4-5,7-8H2;1H4. The molecule has 6 heteroatoms. The van der Waals surface area contributed by atoms with Crippen LogP contribution in [0.25, 0.3) is 22.7 Å². The molecule has 1 aliphatic rings. The van der Waals surface area contributed by atoms with Crippen LogP contribution in [0.5, 0.6) is 0 Å². The molecule has 1 saturated heterocycles. The van der Waals surface area contributed by atoms with E-state index in [1.807, 2.05) is 24.3 Å². The summed E-state index contributed by atoms with van der Waals surface area (Å²) in [7, 11) is 0. The Kier molecular flexibility index (Phi) is 4.59. The fourth-order valence-corrected chi connectivity index (χ4v) is 3.20. The second kappa shape index (κ2) is 6.64. The number of hydrogen-bond acceptors (Lipinski definition) is 4. The van der Waals surface area contributed by atoms with Gasteiger partial charge in [0.25, 0.3) is 0 Å². The predicted octanol–water partition coefficient (Wildman–Crippen LogP) is 3.71. The molecular formula is C17H20ClN5. The highest BCUT2D eigenvalue weighted by Crippen LogP contribution is 2.31. The number of fused-ring (bicyclic) bond motifs is 1. The van der Waals surface area contributed by atoms with Gasteiger partial charge in [0.15, 0.2) is 11.5 Å². The largest absolute Gasteiger partial charge is 0.317 e. The number of piperidine rings is 1. The lowest BCUT2D eigenvalue weighted by Crippen LogP contribution is -2.29. The summed E-state index contributed by atoms with van der Waals surface area (Å²) >= 11 is 6.07. The molecule has 5 nitrogen and oxygen atoms in total. The Bertz CT molecular complexity index is 793. The van der Waals surface area contributed by atoms with Gasteiger partial charge in [-0.2, -0.15) is 0 Å². The van der Waals surface area contributed by atoms with Crippen LogP contribution in [0.3, 0.4) is 0 Å². The summed E-state index contributed by atoms with van der Waals surface area (Å²) in [5.41, 5.74) is 2.58. The third-order valence-corrected chi connectivity index (χ3v) is 4.27. The number of aromatic nitrogens is 4. The molecule has 0 atom stereocenters. The highest BCUT2D eigenvalue weighted by atomic mass is 35.5. The zero-order valence-corrected chi connectivity index (χ0v) is 12.8. The van der Waals surface area contributed by atoms with Crippen molar-refractivity contribution in [2.24, 2.45) is 0 Å². The van der Waals surface area contributed by atoms with E-state index in [1.54, 1.807) is 12.4 Å². The molecule has 0 aromatic carbocycles. The number of nitrogens with zero attached hydrogens (tertiary/aromatic N) is 4. The third kappa shape index (κ3) is 2.94. The van der Waals surface area contributed by atoms with E-state index < -0.39 is 0 Å². The fraction of sp³-hybridized carbons (Fsp3) is 0.353. The van der Waals surface area contributed by atoms with Crippen LogP contribution in [0.4, 0.5) is 0 Å². The van der Waals surface area contributed by atoms with E-state index in [-0.39, 0.29) is 7.43 Å². The van der Waals surface area contributed by atoms with Crippen LogP contribution in [0.2, 0.25) is 5.02 Å². The molecule has 0 saturated carbocycles. The van der Waals surface area contributed by atoms with Gasteiger partial charge in [-0.3, -0.25) is 4.98 Å². The van der Waals surface area contributed by atoms with Crippen molar-refractivity contribution in [3.05, 3.63) is 41.7 Å². The Hall–Kier alpha value is -1.98. The molecule has 4 rings (SSSR count). The van der Waals surface area contributed by atoms with Gasteiger partial charge in [-0.25, -0.2) is 9.97 Å². The molecule has 0 spiro atoms. The van der Waals surface area contributed by atoms with Gasteiger partial charge in [0.1, 0.15) is 11.2 Å². The highest BCUT2D eigenvalue weighted by molar-refractivity contribution is 6.31. The Morgan fingerprint density at radius 1 is 1.17 bits per heavy atom. The van der Waals surface area contributed by atoms with Crippen LogP contribution in [-0.4, -0.2) is 32.6 Å². The summed E-state index contributed by atoms with van der Waals surface area (Å²) < 4.78 is 2.23. The lowest BCUT2D eigenvalue weighted by Gasteiger charge is -2.25. The zero-order valence-electron chi connectivity index (χ0n) is 12.0. The maximum atomic E-state index is 6.07. The second-order valence-corrected chi connectivity index (χ2v) is 5.93. The number of rotatable bonds is 2. The Morgan fingerprint density at radius 2 is 2.00 bits per heavy atom. The number of hydrogen-bond donors (Lipinski definition) is 1. The van der Waals surface area contributed by atoms with Gasteiger partial charge in [-0.15, -0.1) is 0 Å².